The minimum absolute atomic E-state index is 0.0536. The molecule has 0 aliphatic carbocycles. The summed E-state index contributed by atoms with van der Waals surface area (Å²) in [5.74, 6) is -0.0157. The summed E-state index contributed by atoms with van der Waals surface area (Å²) in [6.07, 6.45) is 1.58. The number of allylic oxidation sites excluding steroid dienone is 1. The molecule has 10 nitrogen and oxygen atoms in total. The number of carboxylic acids is 1. The van der Waals surface area contributed by atoms with Crippen LogP contribution in [0.2, 0.25) is 5.02 Å². The highest BCUT2D eigenvalue weighted by atomic mass is 35.5. The summed E-state index contributed by atoms with van der Waals surface area (Å²) >= 11 is 7.14. The molecule has 1 atom stereocenters. The molecule has 42 heavy (non-hydrogen) atoms. The van der Waals surface area contributed by atoms with E-state index in [0.29, 0.717) is 49.2 Å². The number of methoxy groups -OCH3 is 2. The molecular weight excluding hydrogens is 584 g/mol. The fourth-order valence-corrected chi connectivity index (χ4v) is 5.91. The van der Waals surface area contributed by atoms with E-state index in [9.17, 15) is 19.5 Å². The van der Waals surface area contributed by atoms with Gasteiger partial charge in [0, 0.05) is 23.3 Å². The number of fused-ring (bicyclic) bond motifs is 1. The molecule has 216 valence electrons. The lowest BCUT2D eigenvalue weighted by molar-refractivity contribution is -0.139. The van der Waals surface area contributed by atoms with Gasteiger partial charge < -0.3 is 23.7 Å². The number of hydrogen-bond donors (Lipinski definition) is 1. The number of thiazole rings is 1. The molecular formula is C30H25ClN2O8S. The van der Waals surface area contributed by atoms with Gasteiger partial charge in [-0.1, -0.05) is 22.9 Å². The van der Waals surface area contributed by atoms with Crippen molar-refractivity contribution in [3.05, 3.63) is 101 Å². The fourth-order valence-electron chi connectivity index (χ4n) is 4.69. The van der Waals surface area contributed by atoms with Crippen molar-refractivity contribution < 1.29 is 33.3 Å². The monoisotopic (exact) mass is 608 g/mol. The molecule has 0 radical (unpaired) electrons. The van der Waals surface area contributed by atoms with Crippen molar-refractivity contribution in [2.45, 2.75) is 19.9 Å². The van der Waals surface area contributed by atoms with Gasteiger partial charge in [0.15, 0.2) is 4.80 Å². The van der Waals surface area contributed by atoms with Gasteiger partial charge in [-0.3, -0.25) is 9.36 Å². The van der Waals surface area contributed by atoms with Crippen LogP contribution < -0.4 is 24.4 Å². The van der Waals surface area contributed by atoms with Crippen LogP contribution in [0.25, 0.3) is 17.4 Å². The van der Waals surface area contributed by atoms with E-state index < -0.39 is 23.5 Å². The van der Waals surface area contributed by atoms with E-state index in [2.05, 4.69) is 4.99 Å². The van der Waals surface area contributed by atoms with Crippen molar-refractivity contribution in [2.24, 2.45) is 4.99 Å². The number of nitrogens with zero attached hydrogens (tertiary/aromatic N) is 2. The number of carbonyl (C=O) groups excluding carboxylic acids is 1. The van der Waals surface area contributed by atoms with Crippen LogP contribution in [0.3, 0.4) is 0 Å². The van der Waals surface area contributed by atoms with Crippen molar-refractivity contribution in [3.63, 3.8) is 0 Å². The zero-order chi connectivity index (χ0) is 30.1. The van der Waals surface area contributed by atoms with Crippen LogP contribution >= 0.6 is 22.9 Å². The molecule has 0 fully saturated rings. The molecule has 4 aromatic rings. The molecule has 1 aliphatic heterocycles. The Morgan fingerprint density at radius 1 is 1.14 bits per heavy atom. The summed E-state index contributed by atoms with van der Waals surface area (Å²) in [4.78, 5) is 43.6. The number of carboxylic acid groups (broad SMARTS) is 1. The molecule has 0 saturated heterocycles. The number of aromatic nitrogens is 1. The van der Waals surface area contributed by atoms with Gasteiger partial charge >= 0.3 is 11.9 Å². The topological polar surface area (TPSA) is 130 Å². The van der Waals surface area contributed by atoms with Gasteiger partial charge in [0.1, 0.15) is 29.1 Å². The van der Waals surface area contributed by atoms with Crippen molar-refractivity contribution in [3.8, 4) is 22.8 Å². The Balaban J connectivity index is 1.65. The van der Waals surface area contributed by atoms with Crippen molar-refractivity contribution in [1.29, 1.82) is 0 Å². The second-order valence-electron chi connectivity index (χ2n) is 9.11. The minimum atomic E-state index is -1.16. The molecule has 0 saturated carbocycles. The number of furan rings is 1. The Hall–Kier alpha value is -4.61. The molecule has 2 aromatic carbocycles. The standard InChI is InChI=1S/C30H25ClN2O8S/c1-5-40-29(37)25-15(2)32-30-33(26(25)19-9-7-17(38-3)13-23(19)39-4)27(34)24(42-30)14-18-8-11-22(41-18)16-6-10-21(31)20(12-16)28(35)36/h6-14,26H,5H2,1-4H3,(H,35,36)/b24-14-/t26-/m0/s1. The van der Waals surface area contributed by atoms with Crippen molar-refractivity contribution in [1.82, 2.24) is 4.57 Å². The molecule has 12 heteroatoms. The molecule has 0 bridgehead atoms. The molecule has 0 amide bonds. The summed E-state index contributed by atoms with van der Waals surface area (Å²) in [6, 6.07) is 12.2. The predicted octanol–water partition coefficient (Wildman–Crippen LogP) is 4.43. The Kier molecular flexibility index (Phi) is 8.06. The predicted molar refractivity (Wildman–Crippen MR) is 156 cm³/mol. The van der Waals surface area contributed by atoms with E-state index in [1.165, 1.54) is 30.9 Å². The van der Waals surface area contributed by atoms with Gasteiger partial charge in [0.25, 0.3) is 5.56 Å². The molecule has 5 rings (SSSR count). The summed E-state index contributed by atoms with van der Waals surface area (Å²) in [6.45, 7) is 3.55. The molecule has 1 N–H and O–H groups in total. The lowest BCUT2D eigenvalue weighted by Crippen LogP contribution is -2.40. The second-order valence-corrected chi connectivity index (χ2v) is 10.5. The zero-order valence-corrected chi connectivity index (χ0v) is 24.5. The number of hydrogen-bond acceptors (Lipinski definition) is 9. The first kappa shape index (κ1) is 28.9. The van der Waals surface area contributed by atoms with E-state index in [1.54, 1.807) is 56.3 Å². The van der Waals surface area contributed by atoms with Crippen LogP contribution in [0.5, 0.6) is 11.5 Å². The molecule has 2 aromatic heterocycles. The number of ether oxygens (including phenoxy) is 3. The third-order valence-corrected chi connectivity index (χ3v) is 7.95. The van der Waals surface area contributed by atoms with E-state index in [4.69, 9.17) is 30.2 Å². The maximum atomic E-state index is 13.9. The SMILES string of the molecule is CCOC(=O)C1=C(C)N=c2s/c(=C\c3ccc(-c4ccc(Cl)c(C(=O)O)c4)o3)c(=O)n2[C@H]1c1ccc(OC)cc1OC. The van der Waals surface area contributed by atoms with Crippen LogP contribution in [0.1, 0.15) is 41.6 Å². The van der Waals surface area contributed by atoms with Gasteiger partial charge in [0.2, 0.25) is 0 Å². The van der Waals surface area contributed by atoms with Crippen LogP contribution in [-0.4, -0.2) is 42.4 Å². The number of carbonyl (C=O) groups is 2. The molecule has 0 spiro atoms. The normalized spacial score (nSPS) is 14.8. The van der Waals surface area contributed by atoms with Crippen LogP contribution in [0.15, 0.2) is 74.0 Å². The highest BCUT2D eigenvalue weighted by molar-refractivity contribution is 7.07. The lowest BCUT2D eigenvalue weighted by Gasteiger charge is -2.26. The zero-order valence-electron chi connectivity index (χ0n) is 23.0. The smallest absolute Gasteiger partial charge is 0.338 e. The van der Waals surface area contributed by atoms with Gasteiger partial charge in [-0.25, -0.2) is 14.6 Å². The maximum absolute atomic E-state index is 13.9. The van der Waals surface area contributed by atoms with Crippen LogP contribution in [0, 0.1) is 0 Å². The number of benzene rings is 2. The average Bonchev–Trinajstić information content (AvgIpc) is 3.56. The van der Waals surface area contributed by atoms with Crippen LogP contribution in [0.4, 0.5) is 0 Å². The summed E-state index contributed by atoms with van der Waals surface area (Å²) in [5.41, 5.74) is 1.26. The average molecular weight is 609 g/mol. The Morgan fingerprint density at radius 3 is 2.62 bits per heavy atom. The van der Waals surface area contributed by atoms with E-state index in [1.807, 2.05) is 0 Å². The number of rotatable bonds is 8. The molecule has 1 aliphatic rings. The Bertz CT molecular complexity index is 1930. The first-order chi connectivity index (χ1) is 20.2. The first-order valence-electron chi connectivity index (χ1n) is 12.7. The highest BCUT2D eigenvalue weighted by Crippen LogP contribution is 2.37. The van der Waals surface area contributed by atoms with Gasteiger partial charge in [-0.15, -0.1) is 0 Å². The first-order valence-corrected chi connectivity index (χ1v) is 13.9. The quantitative estimate of drug-likeness (QED) is 0.291. The Labute approximate surface area is 248 Å². The lowest BCUT2D eigenvalue weighted by atomic mass is 9.95. The number of esters is 1. The molecule has 3 heterocycles. The summed E-state index contributed by atoms with van der Waals surface area (Å²) in [7, 11) is 3.03. The van der Waals surface area contributed by atoms with E-state index >= 15 is 0 Å². The second kappa shape index (κ2) is 11.7. The van der Waals surface area contributed by atoms with Gasteiger partial charge in [-0.05, 0) is 56.3 Å². The highest BCUT2D eigenvalue weighted by Gasteiger charge is 2.35. The van der Waals surface area contributed by atoms with E-state index in [0.717, 1.165) is 11.3 Å². The van der Waals surface area contributed by atoms with E-state index in [-0.39, 0.29) is 22.8 Å². The largest absolute Gasteiger partial charge is 0.497 e. The van der Waals surface area contributed by atoms with Gasteiger partial charge in [-0.2, -0.15) is 0 Å². The summed E-state index contributed by atoms with van der Waals surface area (Å²) < 4.78 is 24.0. The van der Waals surface area contributed by atoms with Gasteiger partial charge in [0.05, 0.1) is 47.2 Å². The third-order valence-electron chi connectivity index (χ3n) is 6.63. The number of halogens is 1. The third kappa shape index (κ3) is 5.24. The fraction of sp³-hybridized carbons (Fsp3) is 0.200. The molecule has 0 unspecified atom stereocenters. The Morgan fingerprint density at radius 2 is 1.93 bits per heavy atom. The van der Waals surface area contributed by atoms with Crippen molar-refractivity contribution >= 4 is 41.0 Å². The maximum Gasteiger partial charge on any atom is 0.338 e. The van der Waals surface area contributed by atoms with Crippen LogP contribution in [-0.2, 0) is 9.53 Å². The van der Waals surface area contributed by atoms with Crippen molar-refractivity contribution in [2.75, 3.05) is 20.8 Å². The summed E-state index contributed by atoms with van der Waals surface area (Å²) in [5, 5.41) is 9.51. The minimum Gasteiger partial charge on any atom is -0.497 e. The number of aromatic carboxylic acids is 1.